The van der Waals surface area contributed by atoms with Gasteiger partial charge in [-0.2, -0.15) is 36.4 Å². The Hall–Kier alpha value is -1.31. The van der Waals surface area contributed by atoms with Gasteiger partial charge in [-0.3, -0.25) is 0 Å². The Bertz CT molecular complexity index is 959. The molecule has 2 nitrogen and oxygen atoms in total. The van der Waals surface area contributed by atoms with Gasteiger partial charge in [-0.05, 0) is 35.4 Å². The van der Waals surface area contributed by atoms with Gasteiger partial charge in [0.25, 0.3) is 0 Å². The molecule has 0 aliphatic heterocycles. The molecule has 4 aromatic carbocycles. The van der Waals surface area contributed by atoms with Crippen molar-refractivity contribution in [1.82, 2.24) is 0 Å². The quantitative estimate of drug-likeness (QED) is 0.234. The second-order valence-electron chi connectivity index (χ2n) is 7.35. The molecular weight excluding hydrogens is 534 g/mol. The van der Waals surface area contributed by atoms with E-state index in [9.17, 15) is 0 Å². The van der Waals surface area contributed by atoms with Crippen LogP contribution in [-0.2, 0) is 70.8 Å². The van der Waals surface area contributed by atoms with Crippen LogP contribution in [0.4, 0.5) is 0 Å². The van der Waals surface area contributed by atoms with Gasteiger partial charge in [-0.1, -0.05) is 38.1 Å². The van der Waals surface area contributed by atoms with Crippen LogP contribution in [0.2, 0.25) is 0 Å². The fourth-order valence-electron chi connectivity index (χ4n) is 3.20. The van der Waals surface area contributed by atoms with E-state index in [2.05, 4.69) is 50.2 Å². The second kappa shape index (κ2) is 12.1. The summed E-state index contributed by atoms with van der Waals surface area (Å²) in [5.74, 6) is 3.25. The Kier molecular flexibility index (Phi) is 10.1. The monoisotopic (exact) mass is 556 g/mol. The van der Waals surface area contributed by atoms with E-state index in [-0.39, 0.29) is 70.8 Å². The standard InChI is InChI=1S/C27H22O2.2Y/c1-27(2,21-13-17-25(18-14-21)28-23-9-5-3-6-10-23)22-15-19-26(20-16-22)29-24-11-7-4-8-12-24;;/h5-20H,1-2H3;;/q-2;;. The molecule has 0 atom stereocenters. The van der Waals surface area contributed by atoms with Crippen LogP contribution in [0.5, 0.6) is 23.0 Å². The topological polar surface area (TPSA) is 18.5 Å². The van der Waals surface area contributed by atoms with E-state index in [4.69, 9.17) is 9.47 Å². The van der Waals surface area contributed by atoms with Crippen molar-refractivity contribution >= 4 is 0 Å². The molecule has 4 aromatic rings. The van der Waals surface area contributed by atoms with Crippen molar-refractivity contribution in [2.24, 2.45) is 0 Å². The van der Waals surface area contributed by atoms with Crippen LogP contribution in [0.3, 0.4) is 0 Å². The molecule has 0 aliphatic rings. The van der Waals surface area contributed by atoms with Crippen molar-refractivity contribution in [2.75, 3.05) is 0 Å². The molecule has 4 heteroatoms. The Balaban J connectivity index is 0.00000171. The largest absolute Gasteiger partial charge is 0.483 e. The minimum atomic E-state index is -0.138. The number of rotatable bonds is 6. The molecule has 150 valence electrons. The molecule has 0 N–H and O–H groups in total. The molecule has 0 unspecified atom stereocenters. The van der Waals surface area contributed by atoms with E-state index in [0.717, 1.165) is 23.0 Å². The summed E-state index contributed by atoms with van der Waals surface area (Å²) in [6, 6.07) is 37.5. The zero-order chi connectivity index (χ0) is 20.1. The molecule has 4 rings (SSSR count). The Morgan fingerprint density at radius 1 is 0.484 bits per heavy atom. The van der Waals surface area contributed by atoms with Crippen molar-refractivity contribution < 1.29 is 74.9 Å². The smallest absolute Gasteiger partial charge is 0.124 e. The number of ether oxygens (including phenoxy) is 2. The van der Waals surface area contributed by atoms with E-state index < -0.39 is 0 Å². The van der Waals surface area contributed by atoms with Gasteiger partial charge in [-0.25, -0.2) is 0 Å². The van der Waals surface area contributed by atoms with Gasteiger partial charge in [-0.15, -0.1) is 24.3 Å². The average Bonchev–Trinajstić information content (AvgIpc) is 2.76. The van der Waals surface area contributed by atoms with Gasteiger partial charge in [0.15, 0.2) is 0 Å². The van der Waals surface area contributed by atoms with Crippen molar-refractivity contribution in [3.63, 3.8) is 0 Å². The van der Waals surface area contributed by atoms with Crippen molar-refractivity contribution in [3.05, 3.63) is 120 Å². The SMILES string of the molecule is CC(C)(c1ccc(Oc2cc[c-]cc2)cc1)c1ccc(Oc2cc[c-]cc2)cc1.[Y].[Y]. The first-order valence-corrected chi connectivity index (χ1v) is 9.60. The molecule has 0 fully saturated rings. The second-order valence-corrected chi connectivity index (χ2v) is 7.35. The van der Waals surface area contributed by atoms with Gasteiger partial charge in [0.1, 0.15) is 11.5 Å². The first-order valence-electron chi connectivity index (χ1n) is 9.60. The Labute approximate surface area is 235 Å². The third-order valence-electron chi connectivity index (χ3n) is 5.00. The zero-order valence-electron chi connectivity index (χ0n) is 17.7. The number of benzene rings is 4. The van der Waals surface area contributed by atoms with Gasteiger partial charge >= 0.3 is 0 Å². The summed E-state index contributed by atoms with van der Waals surface area (Å²) in [5, 5.41) is 0. The molecule has 2 radical (unpaired) electrons. The Morgan fingerprint density at radius 3 is 1.10 bits per heavy atom. The van der Waals surface area contributed by atoms with Crippen LogP contribution >= 0.6 is 0 Å². The molecular formula is C27H22O2Y2-2. The minimum absolute atomic E-state index is 0. The van der Waals surface area contributed by atoms with E-state index >= 15 is 0 Å². The Morgan fingerprint density at radius 2 is 0.774 bits per heavy atom. The maximum Gasteiger partial charge on any atom is 0.124 e. The molecule has 0 aromatic heterocycles. The molecule has 0 bridgehead atoms. The summed E-state index contributed by atoms with van der Waals surface area (Å²) >= 11 is 0. The third-order valence-corrected chi connectivity index (χ3v) is 5.00. The van der Waals surface area contributed by atoms with Crippen LogP contribution in [-0.4, -0.2) is 0 Å². The van der Waals surface area contributed by atoms with E-state index in [0.29, 0.717) is 0 Å². The van der Waals surface area contributed by atoms with Crippen LogP contribution < -0.4 is 9.47 Å². The maximum atomic E-state index is 5.89. The molecule has 0 aliphatic carbocycles. The van der Waals surface area contributed by atoms with Crippen LogP contribution in [0.25, 0.3) is 0 Å². The molecule has 0 saturated heterocycles. The van der Waals surface area contributed by atoms with E-state index in [1.807, 2.05) is 72.8 Å². The predicted molar refractivity (Wildman–Crippen MR) is 116 cm³/mol. The minimum Gasteiger partial charge on any atom is -0.483 e. The van der Waals surface area contributed by atoms with Gasteiger partial charge in [0, 0.05) is 82.3 Å². The van der Waals surface area contributed by atoms with Gasteiger partial charge in [0.2, 0.25) is 0 Å². The molecule has 0 amide bonds. The van der Waals surface area contributed by atoms with Crippen LogP contribution in [0.1, 0.15) is 25.0 Å². The summed E-state index contributed by atoms with van der Waals surface area (Å²) in [4.78, 5) is 0. The van der Waals surface area contributed by atoms with Crippen LogP contribution in [0, 0.1) is 12.1 Å². The predicted octanol–water partition coefficient (Wildman–Crippen LogP) is 7.19. The fourth-order valence-corrected chi connectivity index (χ4v) is 3.20. The third kappa shape index (κ3) is 6.83. The summed E-state index contributed by atoms with van der Waals surface area (Å²) < 4.78 is 11.8. The zero-order valence-corrected chi connectivity index (χ0v) is 23.4. The van der Waals surface area contributed by atoms with Crippen LogP contribution in [0.15, 0.2) is 97.1 Å². The molecule has 0 heterocycles. The maximum absolute atomic E-state index is 5.89. The van der Waals surface area contributed by atoms with E-state index in [1.165, 1.54) is 11.1 Å². The number of hydrogen-bond donors (Lipinski definition) is 0. The summed E-state index contributed by atoms with van der Waals surface area (Å²) in [6.07, 6.45) is 0. The van der Waals surface area contributed by atoms with Crippen molar-refractivity contribution in [1.29, 1.82) is 0 Å². The van der Waals surface area contributed by atoms with Crippen molar-refractivity contribution in [3.8, 4) is 23.0 Å². The number of hydrogen-bond acceptors (Lipinski definition) is 2. The molecule has 0 spiro atoms. The van der Waals surface area contributed by atoms with Gasteiger partial charge < -0.3 is 9.47 Å². The fraction of sp³-hybridized carbons (Fsp3) is 0.111. The van der Waals surface area contributed by atoms with Gasteiger partial charge in [0.05, 0.1) is 0 Å². The summed E-state index contributed by atoms with van der Waals surface area (Å²) in [5.41, 5.74) is 2.30. The average molecular weight is 556 g/mol. The van der Waals surface area contributed by atoms with E-state index in [1.54, 1.807) is 0 Å². The normalized spacial score (nSPS) is 10.4. The molecule has 31 heavy (non-hydrogen) atoms. The van der Waals surface area contributed by atoms with Crippen molar-refractivity contribution in [2.45, 2.75) is 19.3 Å². The summed E-state index contributed by atoms with van der Waals surface area (Å²) in [7, 11) is 0. The first-order chi connectivity index (χ1) is 14.1. The first kappa shape index (κ1) is 25.9. The molecule has 0 saturated carbocycles. The summed E-state index contributed by atoms with van der Waals surface area (Å²) in [6.45, 7) is 4.44.